The van der Waals surface area contributed by atoms with Crippen LogP contribution in [0.25, 0.3) is 0 Å². The molecule has 0 aromatic heterocycles. The van der Waals surface area contributed by atoms with Gasteiger partial charge in [0.25, 0.3) is 0 Å². The van der Waals surface area contributed by atoms with Crippen LogP contribution in [0.2, 0.25) is 0 Å². The van der Waals surface area contributed by atoms with Crippen LogP contribution < -0.4 is 0 Å². The molecule has 3 heteroatoms. The van der Waals surface area contributed by atoms with E-state index in [9.17, 15) is 4.79 Å². The molecule has 1 spiro atoms. The van der Waals surface area contributed by atoms with Crippen LogP contribution >= 0.6 is 0 Å². The monoisotopic (exact) mass is 314 g/mol. The molecule has 0 aromatic carbocycles. The quantitative estimate of drug-likeness (QED) is 0.498. The highest BCUT2D eigenvalue weighted by Crippen LogP contribution is 2.71. The molecule has 5 rings (SSSR count). The number of epoxide rings is 1. The molecule has 0 bridgehead atoms. The minimum Gasteiger partial charge on any atom is -0.423 e. The van der Waals surface area contributed by atoms with E-state index in [1.54, 1.807) is 0 Å². The van der Waals surface area contributed by atoms with E-state index in [0.29, 0.717) is 11.3 Å². The van der Waals surface area contributed by atoms with Gasteiger partial charge in [0, 0.05) is 17.1 Å². The van der Waals surface area contributed by atoms with Crippen LogP contribution in [0.15, 0.2) is 23.0 Å². The zero-order valence-electron chi connectivity index (χ0n) is 14.6. The second-order valence-electron chi connectivity index (χ2n) is 9.33. The Kier molecular flexibility index (Phi) is 2.44. The normalized spacial score (nSPS) is 49.5. The van der Waals surface area contributed by atoms with Crippen molar-refractivity contribution in [1.29, 1.82) is 0 Å². The van der Waals surface area contributed by atoms with Gasteiger partial charge in [-0.2, -0.15) is 0 Å². The van der Waals surface area contributed by atoms with Crippen LogP contribution in [0.3, 0.4) is 0 Å². The zero-order chi connectivity index (χ0) is 16.2. The van der Waals surface area contributed by atoms with Crippen LogP contribution in [-0.4, -0.2) is 17.7 Å². The topological polar surface area (TPSA) is 38.8 Å². The molecule has 0 amide bonds. The molecule has 0 aromatic rings. The third kappa shape index (κ3) is 1.53. The third-order valence-electron chi connectivity index (χ3n) is 7.82. The number of carbonyl (C=O) groups excluding carboxylic acids is 1. The van der Waals surface area contributed by atoms with Gasteiger partial charge in [-0.15, -0.1) is 0 Å². The molecule has 1 saturated heterocycles. The summed E-state index contributed by atoms with van der Waals surface area (Å²) in [6.07, 6.45) is 8.62. The summed E-state index contributed by atoms with van der Waals surface area (Å²) in [5.41, 5.74) is 2.41. The lowest BCUT2D eigenvalue weighted by atomic mass is 9.45. The van der Waals surface area contributed by atoms with Crippen molar-refractivity contribution in [3.63, 3.8) is 0 Å². The highest BCUT2D eigenvalue weighted by molar-refractivity contribution is 5.94. The molecule has 3 fully saturated rings. The largest absolute Gasteiger partial charge is 0.423 e. The summed E-state index contributed by atoms with van der Waals surface area (Å²) in [5, 5.41) is 0. The van der Waals surface area contributed by atoms with Gasteiger partial charge < -0.3 is 9.47 Å². The number of hydrogen-bond donors (Lipinski definition) is 0. The van der Waals surface area contributed by atoms with Crippen molar-refractivity contribution >= 4 is 5.97 Å². The standard InChI is InChI=1S/C20H26O3/c1-11-15-12(22-17(11)21)10-14-19(4)8-5-7-18(2,3)13(19)6-9-20(14)16(15)23-20/h10,13-14,16H,5-9H2,1-4H3/t13?,14-,16+,19+,20-/m0/s1. The highest BCUT2D eigenvalue weighted by atomic mass is 16.6. The Morgan fingerprint density at radius 3 is 2.74 bits per heavy atom. The number of esters is 1. The summed E-state index contributed by atoms with van der Waals surface area (Å²) in [6.45, 7) is 9.24. The lowest BCUT2D eigenvalue weighted by Crippen LogP contribution is -2.55. The molecule has 3 nitrogen and oxygen atoms in total. The lowest BCUT2D eigenvalue weighted by Gasteiger charge is -2.59. The van der Waals surface area contributed by atoms with E-state index in [0.717, 1.165) is 29.2 Å². The first kappa shape index (κ1) is 14.3. The van der Waals surface area contributed by atoms with E-state index in [2.05, 4.69) is 26.8 Å². The lowest BCUT2D eigenvalue weighted by molar-refractivity contribution is -0.133. The maximum Gasteiger partial charge on any atom is 0.339 e. The molecule has 124 valence electrons. The van der Waals surface area contributed by atoms with Crippen molar-refractivity contribution in [3.8, 4) is 0 Å². The van der Waals surface area contributed by atoms with Crippen LogP contribution in [0.1, 0.15) is 59.8 Å². The first-order valence-electron chi connectivity index (χ1n) is 9.13. The summed E-state index contributed by atoms with van der Waals surface area (Å²) in [6, 6.07) is 0. The maximum absolute atomic E-state index is 12.0. The fraction of sp³-hybridized carbons (Fsp3) is 0.750. The van der Waals surface area contributed by atoms with Crippen LogP contribution in [0.5, 0.6) is 0 Å². The van der Waals surface area contributed by atoms with Crippen molar-refractivity contribution in [3.05, 3.63) is 23.0 Å². The molecule has 0 N–H and O–H groups in total. The van der Waals surface area contributed by atoms with Gasteiger partial charge in [0.2, 0.25) is 0 Å². The van der Waals surface area contributed by atoms with Gasteiger partial charge in [-0.25, -0.2) is 4.79 Å². The van der Waals surface area contributed by atoms with Gasteiger partial charge in [-0.3, -0.25) is 0 Å². The number of ether oxygens (including phenoxy) is 2. The van der Waals surface area contributed by atoms with E-state index in [1.807, 2.05) is 6.92 Å². The second kappa shape index (κ2) is 3.93. The smallest absolute Gasteiger partial charge is 0.339 e. The molecule has 2 aliphatic heterocycles. The van der Waals surface area contributed by atoms with Gasteiger partial charge in [-0.1, -0.05) is 27.2 Å². The summed E-state index contributed by atoms with van der Waals surface area (Å²) < 4.78 is 11.9. The highest BCUT2D eigenvalue weighted by Gasteiger charge is 2.73. The Labute approximate surface area is 138 Å². The van der Waals surface area contributed by atoms with E-state index in [4.69, 9.17) is 9.47 Å². The third-order valence-corrected chi connectivity index (χ3v) is 7.82. The molecule has 3 aliphatic carbocycles. The molecule has 5 aliphatic rings. The Balaban J connectivity index is 1.64. The SMILES string of the molecule is CC1=C2C(=C[C@@H]3[C@]4(CCC5C(C)(C)CCC[C@]53C)O[C@H]24)OC1=O. The molecular weight excluding hydrogens is 288 g/mol. The van der Waals surface area contributed by atoms with Gasteiger partial charge >= 0.3 is 5.97 Å². The van der Waals surface area contributed by atoms with Crippen LogP contribution in [0, 0.1) is 22.7 Å². The van der Waals surface area contributed by atoms with Gasteiger partial charge in [0.1, 0.15) is 17.5 Å². The molecule has 2 heterocycles. The van der Waals surface area contributed by atoms with Crippen molar-refractivity contribution in [2.24, 2.45) is 22.7 Å². The molecule has 2 saturated carbocycles. The molecule has 5 atom stereocenters. The Morgan fingerprint density at radius 2 is 1.96 bits per heavy atom. The number of fused-ring (bicyclic) bond motifs is 4. The summed E-state index contributed by atoms with van der Waals surface area (Å²) >= 11 is 0. The Morgan fingerprint density at radius 1 is 1.17 bits per heavy atom. The fourth-order valence-electron chi connectivity index (χ4n) is 6.72. The van der Waals surface area contributed by atoms with Crippen molar-refractivity contribution in [1.82, 2.24) is 0 Å². The first-order chi connectivity index (χ1) is 10.8. The molecule has 0 radical (unpaired) electrons. The average molecular weight is 314 g/mol. The molecule has 1 unspecified atom stereocenters. The predicted octanol–water partition coefficient (Wildman–Crippen LogP) is 4.14. The van der Waals surface area contributed by atoms with Gasteiger partial charge in [0.05, 0.1) is 0 Å². The average Bonchev–Trinajstić information content (AvgIpc) is 3.11. The van der Waals surface area contributed by atoms with E-state index in [-0.39, 0.29) is 23.1 Å². The minimum atomic E-state index is -0.179. The Bertz CT molecular complexity index is 685. The van der Waals surface area contributed by atoms with Crippen molar-refractivity contribution in [2.45, 2.75) is 71.5 Å². The number of hydrogen-bond acceptors (Lipinski definition) is 3. The maximum atomic E-state index is 12.0. The van der Waals surface area contributed by atoms with E-state index < -0.39 is 0 Å². The van der Waals surface area contributed by atoms with Crippen molar-refractivity contribution < 1.29 is 14.3 Å². The van der Waals surface area contributed by atoms with Gasteiger partial charge in [-0.05, 0) is 55.4 Å². The second-order valence-corrected chi connectivity index (χ2v) is 9.33. The fourth-order valence-corrected chi connectivity index (χ4v) is 6.72. The summed E-state index contributed by atoms with van der Waals surface area (Å²) in [7, 11) is 0. The predicted molar refractivity (Wildman–Crippen MR) is 86.4 cm³/mol. The summed E-state index contributed by atoms with van der Waals surface area (Å²) in [4.78, 5) is 12.0. The summed E-state index contributed by atoms with van der Waals surface area (Å²) in [5.74, 6) is 1.74. The molecule has 23 heavy (non-hydrogen) atoms. The van der Waals surface area contributed by atoms with E-state index in [1.165, 1.54) is 25.7 Å². The van der Waals surface area contributed by atoms with Gasteiger partial charge in [0.15, 0.2) is 0 Å². The number of rotatable bonds is 0. The Hall–Kier alpha value is -1.09. The van der Waals surface area contributed by atoms with E-state index >= 15 is 0 Å². The van der Waals surface area contributed by atoms with Crippen LogP contribution in [0.4, 0.5) is 0 Å². The number of carbonyl (C=O) groups is 1. The molecular formula is C20H26O3. The first-order valence-corrected chi connectivity index (χ1v) is 9.13. The van der Waals surface area contributed by atoms with Crippen LogP contribution in [-0.2, 0) is 14.3 Å². The zero-order valence-corrected chi connectivity index (χ0v) is 14.6. The van der Waals surface area contributed by atoms with Crippen molar-refractivity contribution in [2.75, 3.05) is 0 Å². The minimum absolute atomic E-state index is 0.0489.